The number of aromatic nitrogens is 1. The minimum atomic E-state index is -1.10. The lowest BCUT2D eigenvalue weighted by atomic mass is 10.1. The van der Waals surface area contributed by atoms with E-state index in [-0.39, 0.29) is 0 Å². The second-order valence-electron chi connectivity index (χ2n) is 6.68. The highest BCUT2D eigenvalue weighted by atomic mass is 32.1. The number of amides is 2. The Morgan fingerprint density at radius 3 is 2.43 bits per heavy atom. The lowest BCUT2D eigenvalue weighted by Gasteiger charge is -2.36. The molecule has 8 nitrogen and oxygen atoms in total. The van der Waals surface area contributed by atoms with Crippen molar-refractivity contribution in [3.63, 3.8) is 0 Å². The Morgan fingerprint density at radius 1 is 1.21 bits per heavy atom. The molecule has 150 valence electrons. The van der Waals surface area contributed by atoms with Gasteiger partial charge in [-0.15, -0.1) is 11.3 Å². The summed E-state index contributed by atoms with van der Waals surface area (Å²) in [6.45, 7) is 3.03. The van der Waals surface area contributed by atoms with Gasteiger partial charge in [0.15, 0.2) is 5.78 Å². The van der Waals surface area contributed by atoms with Crippen LogP contribution < -0.4 is 10.2 Å². The molecule has 2 atom stereocenters. The number of thiazole rings is 1. The van der Waals surface area contributed by atoms with E-state index in [0.717, 1.165) is 16.1 Å². The first-order chi connectivity index (χ1) is 13.5. The Hall–Kier alpha value is -2.49. The van der Waals surface area contributed by atoms with E-state index in [0.29, 0.717) is 26.2 Å². The number of urea groups is 1. The Labute approximate surface area is 167 Å². The predicted octanol–water partition coefficient (Wildman–Crippen LogP) is 0.952. The normalized spacial score (nSPS) is 16.5. The number of ketones is 1. The summed E-state index contributed by atoms with van der Waals surface area (Å²) in [5.41, 5.74) is 4.02. The number of aliphatic hydroxyl groups excluding tert-OH is 2. The van der Waals surface area contributed by atoms with E-state index in [1.807, 2.05) is 11.7 Å². The highest BCUT2D eigenvalue weighted by Gasteiger charge is 2.28. The molecule has 3 N–H and O–H groups in total. The van der Waals surface area contributed by atoms with Crippen LogP contribution in [0.2, 0.25) is 0 Å². The van der Waals surface area contributed by atoms with Crippen LogP contribution in [0, 0.1) is 0 Å². The van der Waals surface area contributed by atoms with Crippen LogP contribution in [0.4, 0.5) is 10.5 Å². The number of Topliss-reactive ketones (excluding diaryl/α,β-unsaturated/α-hetero) is 1. The number of piperazine rings is 1. The molecule has 0 unspecified atom stereocenters. The first-order valence-electron chi connectivity index (χ1n) is 9.10. The fraction of sp³-hybridized carbons (Fsp3) is 0.421. The Balaban J connectivity index is 1.55. The summed E-state index contributed by atoms with van der Waals surface area (Å²) in [6.07, 6.45) is 0.779. The minimum Gasteiger partial charge on any atom is -0.391 e. The predicted molar refractivity (Wildman–Crippen MR) is 107 cm³/mol. The molecular formula is C19H24N4O4S. The maximum atomic E-state index is 12.4. The molecule has 1 aromatic heterocycles. The summed E-state index contributed by atoms with van der Waals surface area (Å²) in [6, 6.07) is 6.75. The zero-order valence-electron chi connectivity index (χ0n) is 15.6. The van der Waals surface area contributed by atoms with Crippen LogP contribution in [0.1, 0.15) is 6.92 Å². The third-order valence-corrected chi connectivity index (χ3v) is 5.60. The van der Waals surface area contributed by atoms with Gasteiger partial charge in [-0.05, 0) is 24.6 Å². The molecule has 1 aromatic carbocycles. The van der Waals surface area contributed by atoms with E-state index in [1.165, 1.54) is 6.92 Å². The lowest BCUT2D eigenvalue weighted by Crippen LogP contribution is -2.57. The summed E-state index contributed by atoms with van der Waals surface area (Å²) in [5.74, 6) is -0.608. The first-order valence-corrected chi connectivity index (χ1v) is 9.98. The molecule has 0 bridgehead atoms. The Bertz CT molecular complexity index is 787. The van der Waals surface area contributed by atoms with Crippen molar-refractivity contribution in [1.82, 2.24) is 15.2 Å². The summed E-state index contributed by atoms with van der Waals surface area (Å²) in [5, 5.41) is 21.2. The van der Waals surface area contributed by atoms with E-state index in [4.69, 9.17) is 5.11 Å². The lowest BCUT2D eigenvalue weighted by molar-refractivity contribution is -0.125. The Morgan fingerprint density at radius 2 is 1.89 bits per heavy atom. The van der Waals surface area contributed by atoms with Crippen molar-refractivity contribution >= 4 is 28.8 Å². The number of nitrogens with one attached hydrogen (secondary N) is 1. The van der Waals surface area contributed by atoms with Gasteiger partial charge in [0, 0.05) is 38.1 Å². The van der Waals surface area contributed by atoms with E-state index in [1.54, 1.807) is 16.2 Å². The quantitative estimate of drug-likeness (QED) is 0.662. The van der Waals surface area contributed by atoms with Crippen molar-refractivity contribution < 1.29 is 19.8 Å². The van der Waals surface area contributed by atoms with Crippen LogP contribution in [0.25, 0.3) is 10.4 Å². The highest BCUT2D eigenvalue weighted by Crippen LogP contribution is 2.26. The van der Waals surface area contributed by atoms with Crippen LogP contribution in [0.3, 0.4) is 0 Å². The number of anilines is 1. The van der Waals surface area contributed by atoms with Crippen LogP contribution >= 0.6 is 11.3 Å². The third kappa shape index (κ3) is 4.67. The fourth-order valence-corrected chi connectivity index (χ4v) is 3.78. The number of rotatable bonds is 6. The summed E-state index contributed by atoms with van der Waals surface area (Å²) in [7, 11) is 0. The summed E-state index contributed by atoms with van der Waals surface area (Å²) < 4.78 is 0. The molecule has 0 aliphatic carbocycles. The van der Waals surface area contributed by atoms with Gasteiger partial charge in [0.25, 0.3) is 0 Å². The molecule has 1 aliphatic rings. The smallest absolute Gasteiger partial charge is 0.318 e. The van der Waals surface area contributed by atoms with Crippen LogP contribution in [0.15, 0.2) is 36.0 Å². The maximum absolute atomic E-state index is 12.4. The van der Waals surface area contributed by atoms with Gasteiger partial charge < -0.3 is 25.3 Å². The van der Waals surface area contributed by atoms with Gasteiger partial charge >= 0.3 is 6.03 Å². The molecular weight excluding hydrogens is 380 g/mol. The molecule has 2 amide bonds. The van der Waals surface area contributed by atoms with Crippen molar-refractivity contribution in [1.29, 1.82) is 0 Å². The molecule has 3 rings (SSSR count). The van der Waals surface area contributed by atoms with Gasteiger partial charge in [0.05, 0.1) is 16.5 Å². The standard InChI is InChI=1S/C19H24N4O4S/c1-13(25)18(16(26)11-24)21-19(27)23-8-6-22(7-9-23)15-4-2-14(3-5-15)17-10-20-12-28-17/h2-5,10,12-13,18,24-25H,6-9,11H2,1H3,(H,21,27)/t13-,18+/m1/s1. The zero-order chi connectivity index (χ0) is 20.1. The van der Waals surface area contributed by atoms with Gasteiger partial charge in [0.1, 0.15) is 12.6 Å². The van der Waals surface area contributed by atoms with Crippen molar-refractivity contribution in [2.24, 2.45) is 0 Å². The van der Waals surface area contributed by atoms with Gasteiger partial charge in [-0.25, -0.2) is 4.79 Å². The van der Waals surface area contributed by atoms with Crippen LogP contribution in [-0.4, -0.2) is 76.8 Å². The topological polar surface area (TPSA) is 106 Å². The summed E-state index contributed by atoms with van der Waals surface area (Å²) in [4.78, 5) is 33.1. The third-order valence-electron chi connectivity index (χ3n) is 4.78. The summed E-state index contributed by atoms with van der Waals surface area (Å²) >= 11 is 1.60. The molecule has 1 fully saturated rings. The average Bonchev–Trinajstić information content (AvgIpc) is 3.26. The van der Waals surface area contributed by atoms with E-state index >= 15 is 0 Å². The molecule has 0 radical (unpaired) electrons. The first kappa shape index (κ1) is 20.2. The maximum Gasteiger partial charge on any atom is 0.318 e. The molecule has 0 saturated carbocycles. The van der Waals surface area contributed by atoms with Crippen LogP contribution in [0.5, 0.6) is 0 Å². The molecule has 1 aliphatic heterocycles. The second-order valence-corrected chi connectivity index (χ2v) is 7.57. The van der Waals surface area contributed by atoms with E-state index < -0.39 is 30.6 Å². The molecule has 9 heteroatoms. The molecule has 2 heterocycles. The van der Waals surface area contributed by atoms with Gasteiger partial charge in [-0.2, -0.15) is 0 Å². The van der Waals surface area contributed by atoms with Crippen molar-refractivity contribution in [3.8, 4) is 10.4 Å². The number of carbonyl (C=O) groups excluding carboxylic acids is 2. The number of carbonyl (C=O) groups is 2. The SMILES string of the molecule is C[C@@H](O)[C@H](NC(=O)N1CCN(c2ccc(-c3cncs3)cc2)CC1)C(=O)CO. The molecule has 28 heavy (non-hydrogen) atoms. The van der Waals surface area contributed by atoms with Gasteiger partial charge in [-0.1, -0.05) is 12.1 Å². The number of nitrogens with zero attached hydrogens (tertiary/aromatic N) is 3. The van der Waals surface area contributed by atoms with E-state index in [2.05, 4.69) is 39.5 Å². The average molecular weight is 404 g/mol. The molecule has 2 aromatic rings. The number of hydrogen-bond acceptors (Lipinski definition) is 7. The van der Waals surface area contributed by atoms with Crippen molar-refractivity contribution in [2.45, 2.75) is 19.1 Å². The number of benzene rings is 1. The number of hydrogen-bond donors (Lipinski definition) is 3. The van der Waals surface area contributed by atoms with Crippen molar-refractivity contribution in [3.05, 3.63) is 36.0 Å². The largest absolute Gasteiger partial charge is 0.391 e. The fourth-order valence-electron chi connectivity index (χ4n) is 3.16. The molecule has 0 spiro atoms. The Kier molecular flexibility index (Phi) is 6.61. The van der Waals surface area contributed by atoms with E-state index in [9.17, 15) is 14.7 Å². The van der Waals surface area contributed by atoms with Crippen molar-refractivity contribution in [2.75, 3.05) is 37.7 Å². The second kappa shape index (κ2) is 9.13. The van der Waals surface area contributed by atoms with Crippen LogP contribution in [-0.2, 0) is 4.79 Å². The zero-order valence-corrected chi connectivity index (χ0v) is 16.4. The van der Waals surface area contributed by atoms with Gasteiger partial charge in [-0.3, -0.25) is 9.78 Å². The monoisotopic (exact) mass is 404 g/mol. The van der Waals surface area contributed by atoms with Gasteiger partial charge in [0.2, 0.25) is 0 Å². The minimum absolute atomic E-state index is 0.409. The number of aliphatic hydroxyl groups is 2. The highest BCUT2D eigenvalue weighted by molar-refractivity contribution is 7.13. The molecule has 1 saturated heterocycles.